The molecule has 0 radical (unpaired) electrons. The minimum absolute atomic E-state index is 0.170. The number of nitrogens with two attached hydrogens (primary N) is 1. The van der Waals surface area contributed by atoms with Gasteiger partial charge in [0.2, 0.25) is 0 Å². The molecule has 6 aromatic rings. The molecule has 21 nitrogen and oxygen atoms in total. The van der Waals surface area contributed by atoms with Gasteiger partial charge in [-0.3, -0.25) is 19.6 Å². The number of piperidine rings is 3. The number of hydrogen-bond donors (Lipinski definition) is 4. The summed E-state index contributed by atoms with van der Waals surface area (Å²) in [5, 5.41) is 9.08. The second-order valence-corrected chi connectivity index (χ2v) is 44.7. The number of likely N-dealkylation sites (tertiary alicyclic amines) is 4. The third-order valence-corrected chi connectivity index (χ3v) is 28.6. The molecule has 24 heteroatoms. The van der Waals surface area contributed by atoms with Crippen LogP contribution >= 0.6 is 47.8 Å². The van der Waals surface area contributed by atoms with E-state index in [2.05, 4.69) is 242 Å². The molecule has 7 saturated heterocycles. The predicted octanol–water partition coefficient (Wildman–Crippen LogP) is 20.7. The van der Waals surface area contributed by atoms with Gasteiger partial charge in [-0.15, -0.1) is 0 Å². The van der Waals surface area contributed by atoms with Crippen LogP contribution in [-0.4, -0.2) is 215 Å². The van der Waals surface area contributed by atoms with Gasteiger partial charge in [-0.2, -0.15) is 0 Å². The minimum atomic E-state index is -0.464. The summed E-state index contributed by atoms with van der Waals surface area (Å²) in [5.41, 5.74) is 16.3. The molecule has 4 unspecified atom stereocenters. The molecule has 10 aliphatic rings. The van der Waals surface area contributed by atoms with E-state index < -0.39 is 16.8 Å². The van der Waals surface area contributed by atoms with Crippen LogP contribution in [0.3, 0.4) is 0 Å². The Morgan fingerprint density at radius 3 is 0.968 bits per heavy atom. The van der Waals surface area contributed by atoms with Crippen LogP contribution < -0.4 is 36.4 Å². The fraction of sp³-hybridized carbons (Fsp3) is 0.650. The number of carbonyl (C=O) groups excluding carboxylic acids is 3. The van der Waals surface area contributed by atoms with Gasteiger partial charge in [-0.05, 0) is 317 Å². The van der Waals surface area contributed by atoms with E-state index in [4.69, 9.17) is 29.9 Å². The summed E-state index contributed by atoms with van der Waals surface area (Å²) in [7, 11) is 0. The van der Waals surface area contributed by atoms with Crippen molar-refractivity contribution in [1.82, 2.24) is 55.5 Å². The zero-order chi connectivity index (χ0) is 89.1. The lowest BCUT2D eigenvalue weighted by Crippen LogP contribution is -2.46. The van der Waals surface area contributed by atoms with Crippen LogP contribution in [0, 0.1) is 0 Å². The van der Waals surface area contributed by atoms with Crippen molar-refractivity contribution in [3.8, 4) is 22.5 Å². The Morgan fingerprint density at radius 1 is 0.355 bits per heavy atom. The first kappa shape index (κ1) is 96.6. The van der Waals surface area contributed by atoms with Crippen molar-refractivity contribution in [2.45, 2.75) is 326 Å². The molecule has 16 rings (SSSR count). The van der Waals surface area contributed by atoms with Crippen LogP contribution in [0.2, 0.25) is 0 Å². The standard InChI is InChI=1S/C33H48N4O2.C28H40N4.C19H29BrN4O2.C15H28N2O2.C5H3Br2N/c1-31(2,3)39-30(38)34-24-13-18-37(22-24)25-14-19-36(20-15-25)29-10-8-9-28(35-29)23-11-12-26-27(21-23)33(6,7)17-16-32(26,4)5;1-27(2)13-14-28(3,4)24-18-20(8-9-23(24)27)25-6-5-7-26(30-25)31-16-11-22(12-17-31)32-15-10-21(29)19-32;1-19(2,3)26-18(25)21-14-7-10-24(13-14)15-8-11-23(12-9-15)17-6-4-5-16(20)22-17;1-15(2,3)19-14(18)16-12-9-10-17(11-12)13-7-5-4-6-8-13;6-4-2-1-3-5(7)8-4/h8-12,21,24-25H,13-20,22H2,1-7H3,(H,34,38);5-9,18,21-22H,10-17,19,29H2,1-4H3;4-6,14-15H,7-13H2,1-3H3,(H,21,25);12-13H,4-11H2,1-3H3,(H,16,18);1-3H. The van der Waals surface area contributed by atoms with E-state index in [1.165, 1.54) is 111 Å². The number of halogens is 3. The number of ether oxygens (including phenoxy) is 3. The number of nitrogens with one attached hydrogen (secondary N) is 3. The smallest absolute Gasteiger partial charge is 0.407 e. The maximum atomic E-state index is 12.2. The summed E-state index contributed by atoms with van der Waals surface area (Å²) in [5.74, 6) is 3.24. The molecule has 2 aromatic carbocycles. The van der Waals surface area contributed by atoms with Crippen molar-refractivity contribution >= 4 is 83.5 Å². The second-order valence-electron chi connectivity index (χ2n) is 42.3. The van der Waals surface area contributed by atoms with Crippen molar-refractivity contribution in [2.75, 3.05) is 106 Å². The quantitative estimate of drug-likeness (QED) is 0.0662. The molecule has 8 fully saturated rings. The molecular formula is C100H148Br3N15O6. The van der Waals surface area contributed by atoms with E-state index >= 15 is 0 Å². The number of nitrogens with zero attached hydrogens (tertiary/aromatic N) is 11. The fourth-order valence-electron chi connectivity index (χ4n) is 20.1. The Morgan fingerprint density at radius 2 is 0.653 bits per heavy atom. The van der Waals surface area contributed by atoms with E-state index in [9.17, 15) is 14.4 Å². The number of fused-ring (bicyclic) bond motifs is 2. The highest BCUT2D eigenvalue weighted by atomic mass is 79.9. The predicted molar refractivity (Wildman–Crippen MR) is 516 cm³/mol. The van der Waals surface area contributed by atoms with Crippen LogP contribution in [0.15, 0.2) is 123 Å². The van der Waals surface area contributed by atoms with Gasteiger partial charge in [0, 0.05) is 151 Å². The molecule has 0 spiro atoms. The molecule has 0 bridgehead atoms. The Balaban J connectivity index is 0.000000150. The topological polar surface area (TPSA) is 215 Å². The van der Waals surface area contributed by atoms with Crippen molar-refractivity contribution in [2.24, 2.45) is 5.73 Å². The number of anilines is 3. The molecule has 4 atom stereocenters. The minimum Gasteiger partial charge on any atom is -0.444 e. The summed E-state index contributed by atoms with van der Waals surface area (Å²) < 4.78 is 18.7. The number of benzene rings is 2. The molecule has 3 aliphatic carbocycles. The third kappa shape index (κ3) is 27.5. The molecule has 11 heterocycles. The van der Waals surface area contributed by atoms with Crippen molar-refractivity contribution < 1.29 is 28.6 Å². The van der Waals surface area contributed by atoms with Gasteiger partial charge in [0.25, 0.3) is 0 Å². The first-order valence-electron chi connectivity index (χ1n) is 46.7. The lowest BCUT2D eigenvalue weighted by atomic mass is 9.63. The van der Waals surface area contributed by atoms with E-state index in [1.54, 1.807) is 0 Å². The van der Waals surface area contributed by atoms with Crippen LogP contribution in [0.25, 0.3) is 22.5 Å². The molecular weight excluding hydrogens is 1750 g/mol. The molecule has 5 N–H and O–H groups in total. The molecule has 7 aliphatic heterocycles. The Kier molecular flexibility index (Phi) is 32.7. The average molecular weight is 1900 g/mol. The molecule has 680 valence electrons. The van der Waals surface area contributed by atoms with Gasteiger partial charge in [0.15, 0.2) is 0 Å². The Hall–Kier alpha value is -6.51. The number of hydrogen-bond acceptors (Lipinski definition) is 18. The lowest BCUT2D eigenvalue weighted by Gasteiger charge is -2.42. The maximum absolute atomic E-state index is 12.2. The van der Waals surface area contributed by atoms with Crippen LogP contribution in [0.1, 0.15) is 262 Å². The number of rotatable bonds is 12. The Bertz CT molecular complexity index is 4480. The van der Waals surface area contributed by atoms with E-state index in [1.807, 2.05) is 92.6 Å². The van der Waals surface area contributed by atoms with Crippen LogP contribution in [-0.2, 0) is 35.9 Å². The molecule has 4 aromatic heterocycles. The highest BCUT2D eigenvalue weighted by Gasteiger charge is 2.41. The zero-order valence-electron chi connectivity index (χ0n) is 77.9. The number of aromatic nitrogens is 4. The largest absolute Gasteiger partial charge is 0.444 e. The highest BCUT2D eigenvalue weighted by Crippen LogP contribution is 2.49. The summed E-state index contributed by atoms with van der Waals surface area (Å²) in [4.78, 5) is 72.3. The highest BCUT2D eigenvalue weighted by molar-refractivity contribution is 9.11. The lowest BCUT2D eigenvalue weighted by molar-refractivity contribution is 0.0492. The van der Waals surface area contributed by atoms with Gasteiger partial charge in [-0.25, -0.2) is 34.3 Å². The fourth-order valence-corrected chi connectivity index (χ4v) is 21.3. The van der Waals surface area contributed by atoms with Crippen molar-refractivity contribution in [1.29, 1.82) is 0 Å². The van der Waals surface area contributed by atoms with E-state index in [0.29, 0.717) is 24.2 Å². The summed E-state index contributed by atoms with van der Waals surface area (Å²) in [6.07, 6.45) is 21.9. The van der Waals surface area contributed by atoms with Crippen LogP contribution in [0.4, 0.5) is 31.8 Å². The van der Waals surface area contributed by atoms with Gasteiger partial charge < -0.3 is 50.6 Å². The van der Waals surface area contributed by atoms with Crippen LogP contribution in [0.5, 0.6) is 0 Å². The van der Waals surface area contributed by atoms with Gasteiger partial charge in [-0.1, -0.05) is 123 Å². The SMILES string of the molecule is Brc1cccc(Br)n1.CC(C)(C)OC(=O)NC1CCN(C2CCCCC2)C1.CC(C)(C)OC(=O)NC1CCN(C2CCN(c3cccc(-c4ccc5c(c4)C(C)(C)CCC5(C)C)n3)CC2)C1.CC(C)(C)OC(=O)NC1CCN(C2CCN(c3cccc(Br)n3)CC2)C1.CC1(C)CCC(C)(C)c2cc(-c3cccc(N4CCC(N5CCC(N)C5)CC4)n3)ccc21. The summed E-state index contributed by atoms with van der Waals surface area (Å²) in [6.45, 7) is 50.6. The first-order chi connectivity index (χ1) is 58.6. The van der Waals surface area contributed by atoms with Crippen molar-refractivity contribution in [3.05, 3.63) is 145 Å². The van der Waals surface area contributed by atoms with Gasteiger partial charge in [0.05, 0.1) is 11.4 Å². The van der Waals surface area contributed by atoms with Gasteiger partial charge in [0.1, 0.15) is 48.1 Å². The third-order valence-electron chi connectivity index (χ3n) is 27.2. The number of alkyl carbamates (subject to hydrolysis) is 3. The first-order valence-corrected chi connectivity index (χ1v) is 49.1. The number of amides is 3. The second kappa shape index (κ2) is 41.9. The van der Waals surface area contributed by atoms with E-state index in [0.717, 1.165) is 185 Å². The Labute approximate surface area is 768 Å². The number of pyridine rings is 4. The van der Waals surface area contributed by atoms with E-state index in [-0.39, 0.29) is 58.1 Å². The van der Waals surface area contributed by atoms with Crippen molar-refractivity contribution in [3.63, 3.8) is 0 Å². The maximum Gasteiger partial charge on any atom is 0.407 e. The van der Waals surface area contributed by atoms with Gasteiger partial charge >= 0.3 is 18.3 Å². The zero-order valence-corrected chi connectivity index (χ0v) is 82.7. The summed E-state index contributed by atoms with van der Waals surface area (Å²) in [6, 6.07) is 42.4. The normalized spacial score (nSPS) is 23.3. The number of carbonyl (C=O) groups is 3. The summed E-state index contributed by atoms with van der Waals surface area (Å²) >= 11 is 9.89. The molecule has 1 saturated carbocycles. The molecule has 124 heavy (non-hydrogen) atoms. The average Bonchev–Trinajstić information content (AvgIpc) is 0.835. The molecule has 3 amide bonds. The monoisotopic (exact) mass is 1890 g/mol.